The molecule has 0 aromatic carbocycles. The minimum Gasteiger partial charge on any atom is -0.378 e. The Hall–Kier alpha value is -1.14. The Morgan fingerprint density at radius 3 is 2.79 bits per heavy atom. The number of amides is 2. The average Bonchev–Trinajstić information content (AvgIpc) is 2.69. The van der Waals surface area contributed by atoms with Gasteiger partial charge in [-0.3, -0.25) is 15.0 Å². The predicted molar refractivity (Wildman–Crippen MR) is 48.9 cm³/mol. The van der Waals surface area contributed by atoms with Crippen molar-refractivity contribution in [1.82, 2.24) is 10.7 Å². The highest BCUT2D eigenvalue weighted by Gasteiger charge is 2.16. The molecule has 4 N–H and O–H groups in total. The van der Waals surface area contributed by atoms with Gasteiger partial charge in [0.25, 0.3) is 0 Å². The summed E-state index contributed by atoms with van der Waals surface area (Å²) in [4.78, 5) is 21.6. The molecule has 1 rings (SSSR count). The lowest BCUT2D eigenvalue weighted by Crippen LogP contribution is -2.43. The number of nitrogens with two attached hydrogens (primary N) is 1. The fourth-order valence-corrected chi connectivity index (χ4v) is 1.36. The second kappa shape index (κ2) is 5.56. The first kappa shape index (κ1) is 10.9. The highest BCUT2D eigenvalue weighted by Crippen LogP contribution is 2.14. The predicted octanol–water partition coefficient (Wildman–Crippen LogP) is -1.34. The summed E-state index contributed by atoms with van der Waals surface area (Å²) < 4.78 is 5.35. The highest BCUT2D eigenvalue weighted by molar-refractivity contribution is 6.34. The van der Waals surface area contributed by atoms with E-state index >= 15 is 0 Å². The third kappa shape index (κ3) is 3.31. The first-order valence-corrected chi connectivity index (χ1v) is 4.64. The van der Waals surface area contributed by atoms with Crippen LogP contribution in [0.2, 0.25) is 0 Å². The van der Waals surface area contributed by atoms with Crippen molar-refractivity contribution in [2.45, 2.75) is 25.4 Å². The Balaban J connectivity index is 2.08. The summed E-state index contributed by atoms with van der Waals surface area (Å²) in [5.41, 5.74) is 1.76. The molecule has 0 aromatic heterocycles. The van der Waals surface area contributed by atoms with Crippen LogP contribution in [0.3, 0.4) is 0 Å². The van der Waals surface area contributed by atoms with E-state index in [1.54, 1.807) is 5.43 Å². The van der Waals surface area contributed by atoms with E-state index in [1.807, 2.05) is 0 Å². The van der Waals surface area contributed by atoms with Crippen LogP contribution in [0.1, 0.15) is 19.3 Å². The zero-order valence-corrected chi connectivity index (χ0v) is 7.91. The lowest BCUT2D eigenvalue weighted by atomic mass is 10.2. The van der Waals surface area contributed by atoms with Gasteiger partial charge in [0.1, 0.15) is 0 Å². The fraction of sp³-hybridized carbons (Fsp3) is 0.750. The number of ether oxygens (including phenoxy) is 1. The molecule has 1 heterocycles. The van der Waals surface area contributed by atoms with Gasteiger partial charge in [-0.15, -0.1) is 0 Å². The van der Waals surface area contributed by atoms with Crippen molar-refractivity contribution in [3.8, 4) is 0 Å². The molecule has 1 saturated heterocycles. The number of hydrogen-bond donors (Lipinski definition) is 3. The molecule has 1 aliphatic rings. The molecule has 1 aliphatic heterocycles. The number of rotatable bonds is 3. The van der Waals surface area contributed by atoms with Crippen LogP contribution in [0, 0.1) is 0 Å². The Morgan fingerprint density at radius 1 is 1.43 bits per heavy atom. The van der Waals surface area contributed by atoms with E-state index in [-0.39, 0.29) is 6.10 Å². The van der Waals surface area contributed by atoms with E-state index in [0.717, 1.165) is 25.9 Å². The SMILES string of the molecule is NNC(=O)C(=O)NCCC1CCCO1. The maximum atomic E-state index is 10.9. The minimum atomic E-state index is -0.822. The summed E-state index contributed by atoms with van der Waals surface area (Å²) >= 11 is 0. The quantitative estimate of drug-likeness (QED) is 0.228. The van der Waals surface area contributed by atoms with Crippen LogP contribution in [-0.2, 0) is 14.3 Å². The van der Waals surface area contributed by atoms with Crippen molar-refractivity contribution in [3.63, 3.8) is 0 Å². The maximum Gasteiger partial charge on any atom is 0.323 e. The van der Waals surface area contributed by atoms with E-state index in [4.69, 9.17) is 10.6 Å². The lowest BCUT2D eigenvalue weighted by Gasteiger charge is -2.09. The number of carbonyl (C=O) groups excluding carboxylic acids is 2. The van der Waals surface area contributed by atoms with Crippen LogP contribution in [0.4, 0.5) is 0 Å². The van der Waals surface area contributed by atoms with Crippen LogP contribution in [-0.4, -0.2) is 31.1 Å². The number of hydrogen-bond acceptors (Lipinski definition) is 4. The van der Waals surface area contributed by atoms with Gasteiger partial charge >= 0.3 is 11.8 Å². The van der Waals surface area contributed by atoms with Crippen LogP contribution >= 0.6 is 0 Å². The summed E-state index contributed by atoms with van der Waals surface area (Å²) in [7, 11) is 0. The first-order valence-electron chi connectivity index (χ1n) is 4.64. The van der Waals surface area contributed by atoms with Crippen molar-refractivity contribution in [2.24, 2.45) is 5.84 Å². The third-order valence-corrected chi connectivity index (χ3v) is 2.11. The average molecular weight is 201 g/mol. The molecule has 14 heavy (non-hydrogen) atoms. The molecular formula is C8H15N3O3. The van der Waals surface area contributed by atoms with Gasteiger partial charge in [0.2, 0.25) is 0 Å². The molecule has 6 heteroatoms. The maximum absolute atomic E-state index is 10.9. The molecule has 1 atom stereocenters. The van der Waals surface area contributed by atoms with Crippen LogP contribution in [0.15, 0.2) is 0 Å². The molecule has 6 nitrogen and oxygen atoms in total. The van der Waals surface area contributed by atoms with E-state index in [0.29, 0.717) is 6.54 Å². The van der Waals surface area contributed by atoms with E-state index in [2.05, 4.69) is 5.32 Å². The number of hydrazine groups is 1. The lowest BCUT2D eigenvalue weighted by molar-refractivity contribution is -0.139. The monoisotopic (exact) mass is 201 g/mol. The second-order valence-electron chi connectivity index (χ2n) is 3.15. The molecule has 0 spiro atoms. The summed E-state index contributed by atoms with van der Waals surface area (Å²) in [5, 5.41) is 2.45. The molecule has 0 aliphatic carbocycles. The van der Waals surface area contributed by atoms with Gasteiger partial charge in [-0.1, -0.05) is 0 Å². The standard InChI is InChI=1S/C8H15N3O3/c9-11-8(13)7(12)10-4-3-6-2-1-5-14-6/h6H,1-5,9H2,(H,10,12)(H,11,13). The van der Waals surface area contributed by atoms with Crippen LogP contribution in [0.5, 0.6) is 0 Å². The number of nitrogens with one attached hydrogen (secondary N) is 2. The number of carbonyl (C=O) groups is 2. The fourth-order valence-electron chi connectivity index (χ4n) is 1.36. The molecule has 1 unspecified atom stereocenters. The Morgan fingerprint density at radius 2 is 2.21 bits per heavy atom. The van der Waals surface area contributed by atoms with Gasteiger partial charge in [-0.25, -0.2) is 5.84 Å². The van der Waals surface area contributed by atoms with Gasteiger partial charge < -0.3 is 10.1 Å². The molecule has 0 bridgehead atoms. The topological polar surface area (TPSA) is 93.5 Å². The largest absolute Gasteiger partial charge is 0.378 e. The minimum absolute atomic E-state index is 0.219. The van der Waals surface area contributed by atoms with Crippen molar-refractivity contribution < 1.29 is 14.3 Å². The normalized spacial score (nSPS) is 20.5. The molecule has 0 radical (unpaired) electrons. The molecule has 80 valence electrons. The zero-order valence-electron chi connectivity index (χ0n) is 7.91. The Labute approximate surface area is 82.1 Å². The van der Waals surface area contributed by atoms with Crippen LogP contribution < -0.4 is 16.6 Å². The molecule has 2 amide bonds. The van der Waals surface area contributed by atoms with E-state index < -0.39 is 11.8 Å². The van der Waals surface area contributed by atoms with Crippen molar-refractivity contribution in [3.05, 3.63) is 0 Å². The van der Waals surface area contributed by atoms with Gasteiger partial charge in [0, 0.05) is 13.2 Å². The summed E-state index contributed by atoms with van der Waals surface area (Å²) in [5.74, 6) is 3.26. The van der Waals surface area contributed by atoms with Crippen molar-refractivity contribution in [2.75, 3.05) is 13.2 Å². The van der Waals surface area contributed by atoms with E-state index in [1.165, 1.54) is 0 Å². The summed E-state index contributed by atoms with van der Waals surface area (Å²) in [6.45, 7) is 1.23. The third-order valence-electron chi connectivity index (χ3n) is 2.11. The Kier molecular flexibility index (Phi) is 4.34. The van der Waals surface area contributed by atoms with Gasteiger partial charge in [-0.2, -0.15) is 0 Å². The zero-order chi connectivity index (χ0) is 10.4. The molecule has 0 saturated carbocycles. The first-order chi connectivity index (χ1) is 6.74. The van der Waals surface area contributed by atoms with Crippen LogP contribution in [0.25, 0.3) is 0 Å². The Bertz CT molecular complexity index is 214. The second-order valence-corrected chi connectivity index (χ2v) is 3.15. The highest BCUT2D eigenvalue weighted by atomic mass is 16.5. The summed E-state index contributed by atoms with van der Waals surface area (Å²) in [6.07, 6.45) is 3.06. The molecular weight excluding hydrogens is 186 g/mol. The van der Waals surface area contributed by atoms with Crippen molar-refractivity contribution in [1.29, 1.82) is 0 Å². The molecule has 1 fully saturated rings. The smallest absolute Gasteiger partial charge is 0.323 e. The van der Waals surface area contributed by atoms with E-state index in [9.17, 15) is 9.59 Å². The van der Waals surface area contributed by atoms with Gasteiger partial charge in [0.05, 0.1) is 6.10 Å². The van der Waals surface area contributed by atoms with Gasteiger partial charge in [0.15, 0.2) is 0 Å². The molecule has 0 aromatic rings. The summed E-state index contributed by atoms with van der Waals surface area (Å²) in [6, 6.07) is 0. The van der Waals surface area contributed by atoms with Gasteiger partial charge in [-0.05, 0) is 19.3 Å². The van der Waals surface area contributed by atoms with Crippen molar-refractivity contribution >= 4 is 11.8 Å².